The second kappa shape index (κ2) is 8.90. The van der Waals surface area contributed by atoms with E-state index >= 15 is 0 Å². The Morgan fingerprint density at radius 3 is 2.76 bits per heavy atom. The third kappa shape index (κ3) is 6.08. The van der Waals surface area contributed by atoms with E-state index in [4.69, 9.17) is 5.73 Å². The van der Waals surface area contributed by atoms with Crippen molar-refractivity contribution in [1.82, 2.24) is 9.88 Å². The normalized spacial score (nSPS) is 21.3. The molecule has 1 atom stereocenters. The number of pyridine rings is 1. The third-order valence-electron chi connectivity index (χ3n) is 3.49. The monoisotopic (exact) mass is 398 g/mol. The molecule has 0 aromatic carbocycles. The van der Waals surface area contributed by atoms with Crippen LogP contribution >= 0.6 is 40.7 Å². The molecule has 1 aromatic rings. The van der Waals surface area contributed by atoms with Gasteiger partial charge in [0.05, 0.1) is 6.54 Å². The van der Waals surface area contributed by atoms with Gasteiger partial charge >= 0.3 is 0 Å². The van der Waals surface area contributed by atoms with Crippen LogP contribution in [0.4, 0.5) is 5.82 Å². The van der Waals surface area contributed by atoms with E-state index in [1.165, 1.54) is 0 Å². The van der Waals surface area contributed by atoms with Crippen molar-refractivity contribution in [2.75, 3.05) is 31.5 Å². The van der Waals surface area contributed by atoms with E-state index in [0.29, 0.717) is 18.9 Å². The zero-order valence-electron chi connectivity index (χ0n) is 11.8. The van der Waals surface area contributed by atoms with Gasteiger partial charge in [0.1, 0.15) is 5.82 Å². The maximum Gasteiger partial charge on any atom is 0.239 e. The summed E-state index contributed by atoms with van der Waals surface area (Å²) in [7, 11) is 0. The molecular formula is C13H21BrCl2N4O. The number of carbonyl (C=O) groups excluding carboxylic acids is 1. The molecule has 1 aliphatic heterocycles. The number of carbonyl (C=O) groups is 1. The highest BCUT2D eigenvalue weighted by molar-refractivity contribution is 9.10. The highest BCUT2D eigenvalue weighted by Gasteiger charge is 2.33. The topological polar surface area (TPSA) is 71.2 Å². The summed E-state index contributed by atoms with van der Waals surface area (Å²) in [6.07, 6.45) is 2.71. The Morgan fingerprint density at radius 1 is 1.52 bits per heavy atom. The fourth-order valence-electron chi connectivity index (χ4n) is 2.26. The predicted octanol–water partition coefficient (Wildman–Crippen LogP) is 2.30. The summed E-state index contributed by atoms with van der Waals surface area (Å²) in [6.45, 7) is 5.04. The Hall–Kier alpha value is -0.400. The van der Waals surface area contributed by atoms with Crippen LogP contribution in [-0.4, -0.2) is 42.0 Å². The Labute approximate surface area is 146 Å². The molecule has 0 aliphatic carbocycles. The number of likely N-dealkylation sites (tertiary alicyclic amines) is 1. The van der Waals surface area contributed by atoms with Gasteiger partial charge in [-0.1, -0.05) is 6.92 Å². The number of hydrogen-bond acceptors (Lipinski definition) is 4. The van der Waals surface area contributed by atoms with Crippen LogP contribution in [0.15, 0.2) is 22.8 Å². The Bertz CT molecular complexity index is 460. The van der Waals surface area contributed by atoms with Crippen molar-refractivity contribution in [3.63, 3.8) is 0 Å². The molecule has 2 rings (SSSR count). The number of nitrogens with two attached hydrogens (primary N) is 1. The van der Waals surface area contributed by atoms with Gasteiger partial charge in [-0.3, -0.25) is 9.69 Å². The van der Waals surface area contributed by atoms with Crippen molar-refractivity contribution in [2.24, 2.45) is 11.1 Å². The molecule has 1 fully saturated rings. The van der Waals surface area contributed by atoms with E-state index in [1.54, 1.807) is 12.3 Å². The van der Waals surface area contributed by atoms with Crippen LogP contribution in [0.1, 0.15) is 13.3 Å². The average molecular weight is 400 g/mol. The molecule has 1 aliphatic rings. The maximum absolute atomic E-state index is 11.9. The zero-order chi connectivity index (χ0) is 13.9. The van der Waals surface area contributed by atoms with Crippen LogP contribution < -0.4 is 11.1 Å². The van der Waals surface area contributed by atoms with Gasteiger partial charge in [0.15, 0.2) is 0 Å². The predicted molar refractivity (Wildman–Crippen MR) is 93.3 cm³/mol. The molecule has 1 saturated heterocycles. The van der Waals surface area contributed by atoms with Gasteiger partial charge in [-0.05, 0) is 53.0 Å². The number of hydrogen-bond donors (Lipinski definition) is 2. The van der Waals surface area contributed by atoms with E-state index in [0.717, 1.165) is 24.0 Å². The zero-order valence-corrected chi connectivity index (χ0v) is 15.1. The lowest BCUT2D eigenvalue weighted by Gasteiger charge is -2.22. The summed E-state index contributed by atoms with van der Waals surface area (Å²) >= 11 is 3.31. The largest absolute Gasteiger partial charge is 0.330 e. The Morgan fingerprint density at radius 2 is 2.24 bits per heavy atom. The number of halogens is 3. The lowest BCUT2D eigenvalue weighted by molar-refractivity contribution is -0.117. The average Bonchev–Trinajstić information content (AvgIpc) is 2.74. The van der Waals surface area contributed by atoms with Crippen LogP contribution in [0.25, 0.3) is 0 Å². The molecule has 8 heteroatoms. The van der Waals surface area contributed by atoms with Gasteiger partial charge in [-0.15, -0.1) is 24.8 Å². The first-order chi connectivity index (χ1) is 9.00. The Balaban J connectivity index is 0.00000200. The first-order valence-electron chi connectivity index (χ1n) is 6.35. The molecule has 2 heterocycles. The SMILES string of the molecule is CC1(CN)CCN(CC(=O)Nc2ccc(Br)cn2)C1.Cl.Cl. The number of aromatic nitrogens is 1. The van der Waals surface area contributed by atoms with E-state index in [-0.39, 0.29) is 36.1 Å². The summed E-state index contributed by atoms with van der Waals surface area (Å²) in [5.74, 6) is 0.546. The summed E-state index contributed by atoms with van der Waals surface area (Å²) in [5, 5.41) is 2.80. The van der Waals surface area contributed by atoms with Crippen molar-refractivity contribution in [2.45, 2.75) is 13.3 Å². The number of nitrogens with zero attached hydrogens (tertiary/aromatic N) is 2. The van der Waals surface area contributed by atoms with E-state index in [9.17, 15) is 4.79 Å². The van der Waals surface area contributed by atoms with Crippen LogP contribution in [0.5, 0.6) is 0 Å². The van der Waals surface area contributed by atoms with Crippen molar-refractivity contribution in [3.8, 4) is 0 Å². The van der Waals surface area contributed by atoms with Crippen molar-refractivity contribution in [1.29, 1.82) is 0 Å². The minimum Gasteiger partial charge on any atom is -0.330 e. The van der Waals surface area contributed by atoms with Gasteiger partial charge in [0.25, 0.3) is 0 Å². The molecule has 0 spiro atoms. The standard InChI is InChI=1S/C13H19BrN4O.2ClH/c1-13(8-15)4-5-18(9-13)7-12(19)17-11-3-2-10(14)6-16-11;;/h2-3,6H,4-5,7-9,15H2,1H3,(H,16,17,19);2*1H. The lowest BCUT2D eigenvalue weighted by Crippen LogP contribution is -2.35. The molecule has 1 unspecified atom stereocenters. The summed E-state index contributed by atoms with van der Waals surface area (Å²) < 4.78 is 0.892. The first-order valence-corrected chi connectivity index (χ1v) is 7.14. The van der Waals surface area contributed by atoms with Crippen LogP contribution in [-0.2, 0) is 4.79 Å². The van der Waals surface area contributed by atoms with Crippen molar-refractivity contribution >= 4 is 52.5 Å². The van der Waals surface area contributed by atoms with E-state index < -0.39 is 0 Å². The number of amides is 1. The second-order valence-electron chi connectivity index (χ2n) is 5.39. The molecule has 21 heavy (non-hydrogen) atoms. The van der Waals surface area contributed by atoms with Gasteiger partial charge in [-0.25, -0.2) is 4.98 Å². The molecule has 0 radical (unpaired) electrons. The molecule has 0 saturated carbocycles. The summed E-state index contributed by atoms with van der Waals surface area (Å²) in [5.41, 5.74) is 5.91. The van der Waals surface area contributed by atoms with Crippen LogP contribution in [0.3, 0.4) is 0 Å². The fourth-order valence-corrected chi connectivity index (χ4v) is 2.50. The molecule has 3 N–H and O–H groups in total. The molecule has 5 nitrogen and oxygen atoms in total. The second-order valence-corrected chi connectivity index (χ2v) is 6.30. The van der Waals surface area contributed by atoms with Crippen molar-refractivity contribution < 1.29 is 4.79 Å². The lowest BCUT2D eigenvalue weighted by atomic mass is 9.90. The highest BCUT2D eigenvalue weighted by Crippen LogP contribution is 2.28. The molecule has 1 aromatic heterocycles. The smallest absolute Gasteiger partial charge is 0.239 e. The van der Waals surface area contributed by atoms with Crippen molar-refractivity contribution in [3.05, 3.63) is 22.8 Å². The third-order valence-corrected chi connectivity index (χ3v) is 3.96. The summed E-state index contributed by atoms with van der Waals surface area (Å²) in [4.78, 5) is 18.2. The molecule has 120 valence electrons. The van der Waals surface area contributed by atoms with Crippen LogP contribution in [0, 0.1) is 5.41 Å². The molecule has 1 amide bonds. The number of rotatable bonds is 4. The maximum atomic E-state index is 11.9. The minimum absolute atomic E-state index is 0. The minimum atomic E-state index is -0.0314. The summed E-state index contributed by atoms with van der Waals surface area (Å²) in [6, 6.07) is 3.62. The highest BCUT2D eigenvalue weighted by atomic mass is 79.9. The number of anilines is 1. The molecule has 0 bridgehead atoms. The van der Waals surface area contributed by atoms with Gasteiger partial charge in [-0.2, -0.15) is 0 Å². The van der Waals surface area contributed by atoms with E-state index in [1.807, 2.05) is 6.07 Å². The molecular weight excluding hydrogens is 379 g/mol. The van der Waals surface area contributed by atoms with Gasteiger partial charge in [0.2, 0.25) is 5.91 Å². The number of nitrogens with one attached hydrogen (secondary N) is 1. The van der Waals surface area contributed by atoms with Gasteiger partial charge < -0.3 is 11.1 Å². The first kappa shape index (κ1) is 20.6. The van der Waals surface area contributed by atoms with Gasteiger partial charge in [0, 0.05) is 17.2 Å². The Kier molecular flexibility index (Phi) is 8.73. The quantitative estimate of drug-likeness (QED) is 0.814. The fraction of sp³-hybridized carbons (Fsp3) is 0.538. The van der Waals surface area contributed by atoms with E-state index in [2.05, 4.69) is 38.1 Å². The van der Waals surface area contributed by atoms with Crippen LogP contribution in [0.2, 0.25) is 0 Å².